The molecular weight excluding hydrogens is 480 g/mol. The number of anilines is 1. The lowest BCUT2D eigenvalue weighted by molar-refractivity contribution is -0.112. The number of rotatable bonds is 7. The standard InChI is InChI=1S/C24H18BrClN2O3/c1-30-22-13-17(12-19(25)23(22)31-15-16-7-3-2-4-8-16)11-18(14-27)24(29)28-21-10-6-5-9-20(21)26/h2-13H,15H2,1H3,(H,28,29)/b18-11+. The molecule has 0 fully saturated rings. The Morgan fingerprint density at radius 3 is 2.55 bits per heavy atom. The maximum Gasteiger partial charge on any atom is 0.266 e. The third kappa shape index (κ3) is 5.88. The van der Waals surface area contributed by atoms with Crippen LogP contribution in [0, 0.1) is 11.3 Å². The Bertz CT molecular complexity index is 1160. The summed E-state index contributed by atoms with van der Waals surface area (Å²) in [6.07, 6.45) is 1.47. The van der Waals surface area contributed by atoms with E-state index in [0.29, 0.717) is 38.9 Å². The van der Waals surface area contributed by atoms with Crippen molar-refractivity contribution < 1.29 is 14.3 Å². The van der Waals surface area contributed by atoms with E-state index >= 15 is 0 Å². The maximum absolute atomic E-state index is 12.5. The van der Waals surface area contributed by atoms with Crippen LogP contribution in [0.4, 0.5) is 5.69 Å². The molecule has 7 heteroatoms. The van der Waals surface area contributed by atoms with E-state index in [-0.39, 0.29) is 5.57 Å². The molecule has 0 radical (unpaired) electrons. The van der Waals surface area contributed by atoms with Gasteiger partial charge in [-0.2, -0.15) is 5.26 Å². The van der Waals surface area contributed by atoms with Gasteiger partial charge in [-0.1, -0.05) is 54.1 Å². The van der Waals surface area contributed by atoms with E-state index in [1.54, 1.807) is 36.4 Å². The molecule has 5 nitrogen and oxygen atoms in total. The lowest BCUT2D eigenvalue weighted by Crippen LogP contribution is -2.13. The zero-order chi connectivity index (χ0) is 22.2. The average Bonchev–Trinajstić information content (AvgIpc) is 2.78. The van der Waals surface area contributed by atoms with Crippen LogP contribution in [-0.2, 0) is 11.4 Å². The molecule has 0 aliphatic heterocycles. The van der Waals surface area contributed by atoms with E-state index in [1.807, 2.05) is 36.4 Å². The molecule has 1 N–H and O–H groups in total. The number of nitriles is 1. The van der Waals surface area contributed by atoms with Gasteiger partial charge in [-0.25, -0.2) is 0 Å². The summed E-state index contributed by atoms with van der Waals surface area (Å²) in [4.78, 5) is 12.5. The van der Waals surface area contributed by atoms with Gasteiger partial charge >= 0.3 is 0 Å². The topological polar surface area (TPSA) is 71.3 Å². The second kappa shape index (κ2) is 10.7. The number of methoxy groups -OCH3 is 1. The van der Waals surface area contributed by atoms with E-state index in [9.17, 15) is 10.1 Å². The van der Waals surface area contributed by atoms with E-state index in [1.165, 1.54) is 13.2 Å². The number of nitrogens with one attached hydrogen (secondary N) is 1. The Labute approximate surface area is 194 Å². The fourth-order valence-corrected chi connectivity index (χ4v) is 3.52. The smallest absolute Gasteiger partial charge is 0.266 e. The van der Waals surface area contributed by atoms with E-state index in [2.05, 4.69) is 21.2 Å². The second-order valence-corrected chi connectivity index (χ2v) is 7.67. The molecular formula is C24H18BrClN2O3. The molecule has 156 valence electrons. The zero-order valence-electron chi connectivity index (χ0n) is 16.6. The van der Waals surface area contributed by atoms with Crippen LogP contribution in [-0.4, -0.2) is 13.0 Å². The molecule has 3 aromatic carbocycles. The number of amides is 1. The first-order valence-electron chi connectivity index (χ1n) is 9.23. The van der Waals surface area contributed by atoms with Crippen molar-refractivity contribution in [2.24, 2.45) is 0 Å². The van der Waals surface area contributed by atoms with Crippen LogP contribution in [0.3, 0.4) is 0 Å². The quantitative estimate of drug-likeness (QED) is 0.310. The fourth-order valence-electron chi connectivity index (χ4n) is 2.76. The first kappa shape index (κ1) is 22.4. The summed E-state index contributed by atoms with van der Waals surface area (Å²) in [5.41, 5.74) is 1.97. The van der Waals surface area contributed by atoms with Crippen molar-refractivity contribution >= 4 is 45.2 Å². The maximum atomic E-state index is 12.5. The van der Waals surface area contributed by atoms with Crippen LogP contribution in [0.25, 0.3) is 6.08 Å². The van der Waals surface area contributed by atoms with Crippen molar-refractivity contribution in [3.8, 4) is 17.6 Å². The molecule has 31 heavy (non-hydrogen) atoms. The Morgan fingerprint density at radius 1 is 1.16 bits per heavy atom. The van der Waals surface area contributed by atoms with Gasteiger partial charge in [0.2, 0.25) is 0 Å². The highest BCUT2D eigenvalue weighted by atomic mass is 79.9. The van der Waals surface area contributed by atoms with Gasteiger partial charge < -0.3 is 14.8 Å². The molecule has 3 aromatic rings. The minimum atomic E-state index is -0.560. The summed E-state index contributed by atoms with van der Waals surface area (Å²) in [7, 11) is 1.53. The fraction of sp³-hybridized carbons (Fsp3) is 0.0833. The lowest BCUT2D eigenvalue weighted by atomic mass is 10.1. The van der Waals surface area contributed by atoms with Crippen LogP contribution < -0.4 is 14.8 Å². The van der Waals surface area contributed by atoms with Gasteiger partial charge in [-0.05, 0) is 57.4 Å². The van der Waals surface area contributed by atoms with Gasteiger partial charge in [0, 0.05) is 0 Å². The molecule has 3 rings (SSSR count). The Balaban J connectivity index is 1.83. The highest BCUT2D eigenvalue weighted by molar-refractivity contribution is 9.10. The van der Waals surface area contributed by atoms with E-state index < -0.39 is 5.91 Å². The van der Waals surface area contributed by atoms with Gasteiger partial charge in [-0.15, -0.1) is 0 Å². The summed E-state index contributed by atoms with van der Waals surface area (Å²) >= 11 is 9.56. The van der Waals surface area contributed by atoms with Gasteiger partial charge in [-0.3, -0.25) is 4.79 Å². The molecule has 0 aliphatic carbocycles. The number of para-hydroxylation sites is 1. The highest BCUT2D eigenvalue weighted by Gasteiger charge is 2.15. The van der Waals surface area contributed by atoms with Crippen LogP contribution in [0.15, 0.2) is 76.8 Å². The second-order valence-electron chi connectivity index (χ2n) is 6.41. The van der Waals surface area contributed by atoms with Crippen LogP contribution in [0.2, 0.25) is 5.02 Å². The Kier molecular flexibility index (Phi) is 7.71. The normalized spacial score (nSPS) is 10.8. The number of halogens is 2. The van der Waals surface area contributed by atoms with Gasteiger partial charge in [0.1, 0.15) is 18.2 Å². The summed E-state index contributed by atoms with van der Waals surface area (Å²) in [6.45, 7) is 0.370. The Hall–Kier alpha value is -3.27. The van der Waals surface area contributed by atoms with Crippen molar-refractivity contribution in [2.45, 2.75) is 6.61 Å². The number of carbonyl (C=O) groups is 1. The van der Waals surface area contributed by atoms with Gasteiger partial charge in [0.15, 0.2) is 11.5 Å². The Morgan fingerprint density at radius 2 is 1.87 bits per heavy atom. The van der Waals surface area contributed by atoms with Crippen molar-refractivity contribution in [3.05, 3.63) is 92.9 Å². The number of hydrogen-bond acceptors (Lipinski definition) is 4. The number of hydrogen-bond donors (Lipinski definition) is 1. The van der Waals surface area contributed by atoms with Crippen molar-refractivity contribution in [1.82, 2.24) is 0 Å². The predicted octanol–water partition coefficient (Wildman–Crippen LogP) is 6.24. The number of ether oxygens (including phenoxy) is 2. The third-order valence-electron chi connectivity index (χ3n) is 4.28. The molecule has 0 atom stereocenters. The lowest BCUT2D eigenvalue weighted by Gasteiger charge is -2.14. The molecule has 0 heterocycles. The molecule has 0 saturated carbocycles. The minimum Gasteiger partial charge on any atom is -0.493 e. The molecule has 0 bridgehead atoms. The first-order chi connectivity index (χ1) is 15.0. The van der Waals surface area contributed by atoms with E-state index in [4.69, 9.17) is 21.1 Å². The summed E-state index contributed by atoms with van der Waals surface area (Å²) in [6, 6.07) is 21.9. The zero-order valence-corrected chi connectivity index (χ0v) is 18.9. The monoisotopic (exact) mass is 496 g/mol. The van der Waals surface area contributed by atoms with Crippen LogP contribution in [0.1, 0.15) is 11.1 Å². The average molecular weight is 498 g/mol. The number of nitrogens with zero attached hydrogens (tertiary/aromatic N) is 1. The largest absolute Gasteiger partial charge is 0.493 e. The molecule has 0 spiro atoms. The van der Waals surface area contributed by atoms with Crippen molar-refractivity contribution in [3.63, 3.8) is 0 Å². The first-order valence-corrected chi connectivity index (χ1v) is 10.4. The summed E-state index contributed by atoms with van der Waals surface area (Å²) in [5.74, 6) is 0.443. The van der Waals surface area contributed by atoms with Gasteiger partial charge in [0.25, 0.3) is 5.91 Å². The summed E-state index contributed by atoms with van der Waals surface area (Å²) in [5, 5.41) is 12.5. The molecule has 1 amide bonds. The summed E-state index contributed by atoms with van der Waals surface area (Å²) < 4.78 is 12.0. The number of carbonyl (C=O) groups excluding carboxylic acids is 1. The van der Waals surface area contributed by atoms with Gasteiger partial charge in [0.05, 0.1) is 22.3 Å². The predicted molar refractivity (Wildman–Crippen MR) is 125 cm³/mol. The molecule has 0 saturated heterocycles. The number of benzene rings is 3. The SMILES string of the molecule is COc1cc(/C=C(\C#N)C(=O)Nc2ccccc2Cl)cc(Br)c1OCc1ccccc1. The highest BCUT2D eigenvalue weighted by Crippen LogP contribution is 2.37. The van der Waals surface area contributed by atoms with Crippen LogP contribution >= 0.6 is 27.5 Å². The minimum absolute atomic E-state index is 0.0770. The van der Waals surface area contributed by atoms with E-state index in [0.717, 1.165) is 5.56 Å². The molecule has 0 aromatic heterocycles. The van der Waals surface area contributed by atoms with Crippen LogP contribution in [0.5, 0.6) is 11.5 Å². The van der Waals surface area contributed by atoms with Crippen molar-refractivity contribution in [2.75, 3.05) is 12.4 Å². The molecule has 0 unspecified atom stereocenters. The van der Waals surface area contributed by atoms with Crippen molar-refractivity contribution in [1.29, 1.82) is 5.26 Å². The molecule has 0 aliphatic rings. The third-order valence-corrected chi connectivity index (χ3v) is 5.19.